The molecule has 1 aromatic rings. The van der Waals surface area contributed by atoms with Gasteiger partial charge in [0.1, 0.15) is 0 Å². The van der Waals surface area contributed by atoms with Crippen molar-refractivity contribution in [3.05, 3.63) is 34.3 Å². The molecule has 0 heterocycles. The quantitative estimate of drug-likeness (QED) is 0.625. The van der Waals surface area contributed by atoms with E-state index in [0.717, 1.165) is 16.5 Å². The molecule has 1 N–H and O–H groups in total. The minimum Gasteiger partial charge on any atom is -0.396 e. The molecule has 0 saturated carbocycles. The molecule has 0 saturated heterocycles. The van der Waals surface area contributed by atoms with Gasteiger partial charge in [-0.25, -0.2) is 0 Å². The average molecular weight is 347 g/mol. The van der Waals surface area contributed by atoms with Crippen molar-refractivity contribution in [3.63, 3.8) is 0 Å². The molecule has 0 aliphatic carbocycles. The molecule has 5 heteroatoms. The highest BCUT2D eigenvalue weighted by atomic mass is 79.9. The minimum atomic E-state index is 0.113. The van der Waals surface area contributed by atoms with Gasteiger partial charge in [0.25, 0.3) is 0 Å². The van der Waals surface area contributed by atoms with Crippen LogP contribution in [0.25, 0.3) is 0 Å². The van der Waals surface area contributed by atoms with Crippen LogP contribution < -0.4 is 0 Å². The lowest BCUT2D eigenvalue weighted by molar-refractivity contribution is 0.0223. The second kappa shape index (κ2) is 11.2. The first-order valence-electron chi connectivity index (χ1n) is 6.78. The Kier molecular flexibility index (Phi) is 9.87. The lowest BCUT2D eigenvalue weighted by Gasteiger charge is -2.15. The van der Waals surface area contributed by atoms with E-state index in [0.29, 0.717) is 33.0 Å². The summed E-state index contributed by atoms with van der Waals surface area (Å²) in [4.78, 5) is 0. The molecule has 1 aromatic carbocycles. The number of halogens is 1. The molecule has 1 rings (SSSR count). The number of hydrogen-bond acceptors (Lipinski definition) is 4. The van der Waals surface area contributed by atoms with E-state index in [1.54, 1.807) is 7.11 Å². The van der Waals surface area contributed by atoms with Gasteiger partial charge in [-0.1, -0.05) is 28.1 Å². The Morgan fingerprint density at radius 3 is 2.45 bits per heavy atom. The predicted octanol–water partition coefficient (Wildman–Crippen LogP) is 2.59. The summed E-state index contributed by atoms with van der Waals surface area (Å²) >= 11 is 3.44. The van der Waals surface area contributed by atoms with Crippen molar-refractivity contribution in [2.24, 2.45) is 0 Å². The molecule has 0 fully saturated rings. The first-order valence-corrected chi connectivity index (χ1v) is 7.58. The lowest BCUT2D eigenvalue weighted by atomic mass is 9.97. The van der Waals surface area contributed by atoms with Crippen molar-refractivity contribution < 1.29 is 19.3 Å². The maximum Gasteiger partial charge on any atom is 0.0701 e. The van der Waals surface area contributed by atoms with Crippen LogP contribution in [-0.4, -0.2) is 51.9 Å². The van der Waals surface area contributed by atoms with Gasteiger partial charge < -0.3 is 19.3 Å². The number of benzene rings is 1. The van der Waals surface area contributed by atoms with Crippen LogP contribution in [0.2, 0.25) is 0 Å². The van der Waals surface area contributed by atoms with Crippen molar-refractivity contribution in [1.82, 2.24) is 0 Å². The van der Waals surface area contributed by atoms with E-state index in [2.05, 4.69) is 15.9 Å². The maximum absolute atomic E-state index is 9.46. The highest BCUT2D eigenvalue weighted by molar-refractivity contribution is 9.10. The van der Waals surface area contributed by atoms with Gasteiger partial charge in [-0.2, -0.15) is 0 Å². The molecule has 0 radical (unpaired) electrons. The van der Waals surface area contributed by atoms with Crippen LogP contribution in [0, 0.1) is 0 Å². The van der Waals surface area contributed by atoms with Crippen molar-refractivity contribution in [2.75, 3.05) is 46.8 Å². The second-order valence-electron chi connectivity index (χ2n) is 4.44. The second-order valence-corrected chi connectivity index (χ2v) is 5.36. The van der Waals surface area contributed by atoms with Crippen LogP contribution in [-0.2, 0) is 14.2 Å². The van der Waals surface area contributed by atoms with Gasteiger partial charge in [-0.15, -0.1) is 0 Å². The molecule has 1 unspecified atom stereocenters. The van der Waals surface area contributed by atoms with Gasteiger partial charge in [-0.3, -0.25) is 0 Å². The van der Waals surface area contributed by atoms with E-state index < -0.39 is 0 Å². The third-order valence-corrected chi connectivity index (χ3v) is 3.45. The standard InChI is InChI=1S/C15H23BrO4/c1-18-7-8-20-10-9-19-6-5-14(12-17)13-3-2-4-15(16)11-13/h2-4,11,14,17H,5-10,12H2,1H3. The zero-order valence-corrected chi connectivity index (χ0v) is 13.5. The molecular formula is C15H23BrO4. The minimum absolute atomic E-state index is 0.113. The summed E-state index contributed by atoms with van der Waals surface area (Å²) in [5.74, 6) is 0.113. The van der Waals surface area contributed by atoms with E-state index in [-0.39, 0.29) is 12.5 Å². The SMILES string of the molecule is COCCOCCOCCC(CO)c1cccc(Br)c1. The van der Waals surface area contributed by atoms with E-state index >= 15 is 0 Å². The molecule has 0 aromatic heterocycles. The summed E-state index contributed by atoms with van der Waals surface area (Å²) in [6.45, 7) is 3.09. The Morgan fingerprint density at radius 1 is 1.10 bits per heavy atom. The topological polar surface area (TPSA) is 47.9 Å². The summed E-state index contributed by atoms with van der Waals surface area (Å²) in [5.41, 5.74) is 1.13. The highest BCUT2D eigenvalue weighted by Crippen LogP contribution is 2.22. The number of methoxy groups -OCH3 is 1. The molecule has 0 bridgehead atoms. The molecule has 0 amide bonds. The summed E-state index contributed by atoms with van der Waals surface area (Å²) in [7, 11) is 1.65. The van der Waals surface area contributed by atoms with E-state index in [1.807, 2.05) is 24.3 Å². The van der Waals surface area contributed by atoms with Crippen LogP contribution in [0.4, 0.5) is 0 Å². The van der Waals surface area contributed by atoms with Gasteiger partial charge in [0, 0.05) is 24.1 Å². The fraction of sp³-hybridized carbons (Fsp3) is 0.600. The summed E-state index contributed by atoms with van der Waals surface area (Å²) in [6.07, 6.45) is 0.797. The fourth-order valence-corrected chi connectivity index (χ4v) is 2.23. The Morgan fingerprint density at radius 2 is 1.80 bits per heavy atom. The predicted molar refractivity (Wildman–Crippen MR) is 82.1 cm³/mol. The Hall–Kier alpha value is -0.460. The molecule has 0 aliphatic heterocycles. The zero-order chi connectivity index (χ0) is 14.6. The van der Waals surface area contributed by atoms with Crippen LogP contribution >= 0.6 is 15.9 Å². The van der Waals surface area contributed by atoms with Gasteiger partial charge in [0.15, 0.2) is 0 Å². The molecule has 20 heavy (non-hydrogen) atoms. The van der Waals surface area contributed by atoms with E-state index in [9.17, 15) is 5.11 Å². The molecular weight excluding hydrogens is 324 g/mol. The summed E-state index contributed by atoms with van der Waals surface area (Å²) in [5, 5.41) is 9.46. The van der Waals surface area contributed by atoms with Crippen LogP contribution in [0.5, 0.6) is 0 Å². The number of ether oxygens (including phenoxy) is 3. The fourth-order valence-electron chi connectivity index (χ4n) is 1.81. The number of aliphatic hydroxyl groups excluding tert-OH is 1. The van der Waals surface area contributed by atoms with Crippen molar-refractivity contribution >= 4 is 15.9 Å². The lowest BCUT2D eigenvalue weighted by Crippen LogP contribution is -2.12. The van der Waals surface area contributed by atoms with Crippen LogP contribution in [0.15, 0.2) is 28.7 Å². The van der Waals surface area contributed by atoms with E-state index in [4.69, 9.17) is 14.2 Å². The molecule has 1 atom stereocenters. The van der Waals surface area contributed by atoms with Crippen molar-refractivity contribution in [1.29, 1.82) is 0 Å². The Bertz CT molecular complexity index is 359. The smallest absolute Gasteiger partial charge is 0.0701 e. The third-order valence-electron chi connectivity index (χ3n) is 2.95. The van der Waals surface area contributed by atoms with E-state index in [1.165, 1.54) is 0 Å². The molecule has 0 aliphatic rings. The van der Waals surface area contributed by atoms with Crippen molar-refractivity contribution in [2.45, 2.75) is 12.3 Å². The number of hydrogen-bond donors (Lipinski definition) is 1. The Labute approximate surface area is 129 Å². The zero-order valence-electron chi connectivity index (χ0n) is 11.9. The summed E-state index contributed by atoms with van der Waals surface area (Å²) in [6, 6.07) is 8.02. The monoisotopic (exact) mass is 346 g/mol. The first-order chi connectivity index (χ1) is 9.77. The largest absolute Gasteiger partial charge is 0.396 e. The van der Waals surface area contributed by atoms with Crippen molar-refractivity contribution in [3.8, 4) is 0 Å². The Balaban J connectivity index is 2.16. The molecule has 4 nitrogen and oxygen atoms in total. The van der Waals surface area contributed by atoms with Crippen LogP contribution in [0.1, 0.15) is 17.9 Å². The number of rotatable bonds is 11. The normalized spacial score (nSPS) is 12.6. The van der Waals surface area contributed by atoms with Gasteiger partial charge in [0.2, 0.25) is 0 Å². The highest BCUT2D eigenvalue weighted by Gasteiger charge is 2.10. The average Bonchev–Trinajstić information content (AvgIpc) is 2.46. The van der Waals surface area contributed by atoms with Gasteiger partial charge in [0.05, 0.1) is 33.0 Å². The third kappa shape index (κ3) is 7.36. The van der Waals surface area contributed by atoms with Gasteiger partial charge in [-0.05, 0) is 24.1 Å². The first kappa shape index (κ1) is 17.6. The maximum atomic E-state index is 9.46. The molecule has 114 valence electrons. The van der Waals surface area contributed by atoms with Crippen LogP contribution in [0.3, 0.4) is 0 Å². The number of aliphatic hydroxyl groups is 1. The molecule has 0 spiro atoms. The van der Waals surface area contributed by atoms with Gasteiger partial charge >= 0.3 is 0 Å². The summed E-state index contributed by atoms with van der Waals surface area (Å²) < 4.78 is 16.7.